The number of rotatable bonds is 3. The minimum atomic E-state index is -0.0650. The number of morpholine rings is 1. The number of pyridine rings is 1. The van der Waals surface area contributed by atoms with Crippen LogP contribution in [0.15, 0.2) is 36.7 Å². The lowest BCUT2D eigenvalue weighted by Crippen LogP contribution is -2.39. The highest BCUT2D eigenvalue weighted by atomic mass is 16.5. The Balaban J connectivity index is 1.63. The second-order valence-corrected chi connectivity index (χ2v) is 6.58. The van der Waals surface area contributed by atoms with E-state index in [1.165, 1.54) is 0 Å². The molecule has 0 spiro atoms. The molecule has 25 heavy (non-hydrogen) atoms. The van der Waals surface area contributed by atoms with E-state index in [9.17, 15) is 0 Å². The lowest BCUT2D eigenvalue weighted by Gasteiger charge is -2.33. The molecule has 3 aromatic rings. The summed E-state index contributed by atoms with van der Waals surface area (Å²) in [5.74, 6) is 1.48. The van der Waals surface area contributed by atoms with E-state index in [-0.39, 0.29) is 6.10 Å². The second-order valence-electron chi connectivity index (χ2n) is 6.58. The zero-order chi connectivity index (χ0) is 17.4. The minimum absolute atomic E-state index is 0.0650. The molecule has 1 unspecified atom stereocenters. The Kier molecular flexibility index (Phi) is 4.01. The van der Waals surface area contributed by atoms with Crippen LogP contribution in [0.3, 0.4) is 0 Å². The zero-order valence-electron chi connectivity index (χ0n) is 14.5. The van der Waals surface area contributed by atoms with E-state index in [2.05, 4.69) is 38.1 Å². The van der Waals surface area contributed by atoms with Gasteiger partial charge in [-0.2, -0.15) is 4.98 Å². The van der Waals surface area contributed by atoms with Gasteiger partial charge in [-0.15, -0.1) is 0 Å². The summed E-state index contributed by atoms with van der Waals surface area (Å²) >= 11 is 0. The van der Waals surface area contributed by atoms with E-state index in [0.29, 0.717) is 25.0 Å². The smallest absolute Gasteiger partial charge is 0.222 e. The predicted molar refractivity (Wildman–Crippen MR) is 96.6 cm³/mol. The molecule has 0 amide bonds. The molecule has 4 rings (SSSR count). The van der Waals surface area contributed by atoms with E-state index in [1.807, 2.05) is 36.7 Å². The molecule has 1 aliphatic heterocycles. The average Bonchev–Trinajstić information content (AvgIpc) is 3.05. The van der Waals surface area contributed by atoms with Crippen molar-refractivity contribution in [1.82, 2.24) is 19.4 Å². The number of hydrogen-bond acceptors (Lipinski definition) is 6. The number of hydrogen-bond donors (Lipinski definition) is 1. The molecule has 130 valence electrons. The summed E-state index contributed by atoms with van der Waals surface area (Å²) in [6, 6.07) is 8.00. The van der Waals surface area contributed by atoms with E-state index in [0.717, 1.165) is 29.4 Å². The first-order valence-electron chi connectivity index (χ1n) is 8.55. The van der Waals surface area contributed by atoms with Crippen molar-refractivity contribution >= 4 is 17.4 Å². The summed E-state index contributed by atoms with van der Waals surface area (Å²) in [5.41, 5.74) is 8.84. The van der Waals surface area contributed by atoms with Crippen LogP contribution in [0.4, 0.5) is 11.8 Å². The Hall–Kier alpha value is -2.67. The first-order chi connectivity index (χ1) is 12.1. The maximum atomic E-state index is 6.01. The Labute approximate surface area is 146 Å². The van der Waals surface area contributed by atoms with Crippen molar-refractivity contribution in [3.05, 3.63) is 48.0 Å². The van der Waals surface area contributed by atoms with Gasteiger partial charge in [0.2, 0.25) is 5.95 Å². The standard InChI is InChI=1S/C18H22N6O/c1-12(2)13-9-17(22-18(19)21-13)23-7-8-25-15(11-23)14-10-20-16-5-3-4-6-24(14)16/h3-6,9-10,12,15H,7-8,11H2,1-2H3,(H2,19,21,22). The molecular weight excluding hydrogens is 316 g/mol. The summed E-state index contributed by atoms with van der Waals surface area (Å²) in [7, 11) is 0. The topological polar surface area (TPSA) is 81.6 Å². The van der Waals surface area contributed by atoms with E-state index < -0.39 is 0 Å². The van der Waals surface area contributed by atoms with Gasteiger partial charge >= 0.3 is 0 Å². The van der Waals surface area contributed by atoms with Crippen LogP contribution in [0.1, 0.15) is 37.3 Å². The van der Waals surface area contributed by atoms with Crippen LogP contribution < -0.4 is 10.6 Å². The molecule has 0 saturated carbocycles. The van der Waals surface area contributed by atoms with Gasteiger partial charge in [0.1, 0.15) is 17.6 Å². The summed E-state index contributed by atoms with van der Waals surface area (Å²) < 4.78 is 8.08. The maximum Gasteiger partial charge on any atom is 0.222 e. The lowest BCUT2D eigenvalue weighted by molar-refractivity contribution is 0.0362. The molecule has 0 aliphatic carbocycles. The van der Waals surface area contributed by atoms with Gasteiger partial charge in [-0.25, -0.2) is 9.97 Å². The number of fused-ring (bicyclic) bond motifs is 1. The minimum Gasteiger partial charge on any atom is -0.368 e. The third-order valence-corrected chi connectivity index (χ3v) is 4.51. The molecular formula is C18H22N6O. The van der Waals surface area contributed by atoms with Gasteiger partial charge in [-0.05, 0) is 18.1 Å². The van der Waals surface area contributed by atoms with Crippen molar-refractivity contribution in [2.24, 2.45) is 0 Å². The van der Waals surface area contributed by atoms with Crippen molar-refractivity contribution in [2.45, 2.75) is 25.9 Å². The van der Waals surface area contributed by atoms with E-state index >= 15 is 0 Å². The average molecular weight is 338 g/mol. The Bertz CT molecular complexity index is 890. The van der Waals surface area contributed by atoms with E-state index in [4.69, 9.17) is 10.5 Å². The van der Waals surface area contributed by atoms with Gasteiger partial charge in [-0.1, -0.05) is 19.9 Å². The van der Waals surface area contributed by atoms with Crippen LogP contribution in [0.25, 0.3) is 5.65 Å². The Morgan fingerprint density at radius 3 is 3.00 bits per heavy atom. The molecule has 1 aliphatic rings. The molecule has 4 heterocycles. The molecule has 0 aromatic carbocycles. The van der Waals surface area contributed by atoms with Crippen molar-refractivity contribution < 1.29 is 4.74 Å². The molecule has 1 saturated heterocycles. The van der Waals surface area contributed by atoms with Crippen LogP contribution in [-0.4, -0.2) is 39.0 Å². The third kappa shape index (κ3) is 3.02. The number of ether oxygens (including phenoxy) is 1. The van der Waals surface area contributed by atoms with Crippen molar-refractivity contribution in [1.29, 1.82) is 0 Å². The highest BCUT2D eigenvalue weighted by Gasteiger charge is 2.26. The molecule has 7 heteroatoms. The third-order valence-electron chi connectivity index (χ3n) is 4.51. The van der Waals surface area contributed by atoms with E-state index in [1.54, 1.807) is 0 Å². The molecule has 3 aromatic heterocycles. The maximum absolute atomic E-state index is 6.01. The molecule has 1 fully saturated rings. The lowest BCUT2D eigenvalue weighted by atomic mass is 10.1. The van der Waals surface area contributed by atoms with Gasteiger partial charge in [0, 0.05) is 18.8 Å². The van der Waals surface area contributed by atoms with Gasteiger partial charge in [0.25, 0.3) is 0 Å². The molecule has 1 atom stereocenters. The number of nitrogen functional groups attached to an aromatic ring is 1. The van der Waals surface area contributed by atoms with Crippen molar-refractivity contribution in [3.8, 4) is 0 Å². The summed E-state index contributed by atoms with van der Waals surface area (Å²) in [6.45, 7) is 6.32. The Morgan fingerprint density at radius 1 is 1.28 bits per heavy atom. The van der Waals surface area contributed by atoms with Gasteiger partial charge < -0.3 is 19.8 Å². The number of nitrogens with zero attached hydrogens (tertiary/aromatic N) is 5. The fourth-order valence-electron chi connectivity index (χ4n) is 3.16. The zero-order valence-corrected chi connectivity index (χ0v) is 14.5. The first kappa shape index (κ1) is 15.8. The quantitative estimate of drug-likeness (QED) is 0.790. The van der Waals surface area contributed by atoms with Crippen LogP contribution in [-0.2, 0) is 4.74 Å². The fourth-order valence-corrected chi connectivity index (χ4v) is 3.16. The Morgan fingerprint density at radius 2 is 2.16 bits per heavy atom. The van der Waals surface area contributed by atoms with Crippen LogP contribution in [0.2, 0.25) is 0 Å². The highest BCUT2D eigenvalue weighted by Crippen LogP contribution is 2.27. The van der Waals surface area contributed by atoms with Gasteiger partial charge in [0.15, 0.2) is 0 Å². The van der Waals surface area contributed by atoms with Gasteiger partial charge in [-0.3, -0.25) is 0 Å². The van der Waals surface area contributed by atoms with Crippen LogP contribution in [0, 0.1) is 0 Å². The number of nitrogens with two attached hydrogens (primary N) is 1. The summed E-state index contributed by atoms with van der Waals surface area (Å²) in [6.07, 6.45) is 3.83. The number of aromatic nitrogens is 4. The SMILES string of the molecule is CC(C)c1cc(N2CCOC(c3cnc4ccccn34)C2)nc(N)n1. The molecule has 7 nitrogen and oxygen atoms in total. The number of imidazole rings is 1. The normalized spacial score (nSPS) is 18.2. The monoisotopic (exact) mass is 338 g/mol. The first-order valence-corrected chi connectivity index (χ1v) is 8.55. The summed E-state index contributed by atoms with van der Waals surface area (Å²) in [4.78, 5) is 15.4. The van der Waals surface area contributed by atoms with Gasteiger partial charge in [0.05, 0.1) is 30.7 Å². The highest BCUT2D eigenvalue weighted by molar-refractivity contribution is 5.46. The number of anilines is 2. The largest absolute Gasteiger partial charge is 0.368 e. The molecule has 2 N–H and O–H groups in total. The van der Waals surface area contributed by atoms with Crippen molar-refractivity contribution in [2.75, 3.05) is 30.3 Å². The fraction of sp³-hybridized carbons (Fsp3) is 0.389. The summed E-state index contributed by atoms with van der Waals surface area (Å²) in [5, 5.41) is 0. The second kappa shape index (κ2) is 6.33. The molecule has 0 radical (unpaired) electrons. The predicted octanol–water partition coefficient (Wildman–Crippen LogP) is 2.41. The van der Waals surface area contributed by atoms with Crippen LogP contribution in [0.5, 0.6) is 0 Å². The molecule has 0 bridgehead atoms. The van der Waals surface area contributed by atoms with Crippen molar-refractivity contribution in [3.63, 3.8) is 0 Å². The van der Waals surface area contributed by atoms with Crippen LogP contribution >= 0.6 is 0 Å².